The molecule has 53 heavy (non-hydrogen) atoms. The van der Waals surface area contributed by atoms with Gasteiger partial charge >= 0.3 is 5.97 Å². The molecule has 1 aliphatic heterocycles. The van der Waals surface area contributed by atoms with E-state index in [4.69, 9.17) is 4.74 Å². The van der Waals surface area contributed by atoms with Gasteiger partial charge < -0.3 is 30.7 Å². The van der Waals surface area contributed by atoms with Crippen molar-refractivity contribution < 1.29 is 33.8 Å². The molecule has 14 heteroatoms. The summed E-state index contributed by atoms with van der Waals surface area (Å²) >= 11 is 1.24. The number of rotatable bonds is 20. The molecule has 0 spiro atoms. The first-order valence-corrected chi connectivity index (χ1v) is 19.7. The molecule has 0 saturated carbocycles. The van der Waals surface area contributed by atoms with Gasteiger partial charge in [-0.25, -0.2) is 9.78 Å². The van der Waals surface area contributed by atoms with E-state index in [0.29, 0.717) is 17.8 Å². The second kappa shape index (κ2) is 21.1. The number of hydrogen-bond acceptors (Lipinski definition) is 9. The molecule has 1 fully saturated rings. The first-order chi connectivity index (χ1) is 25.2. The average Bonchev–Trinajstić information content (AvgIpc) is 3.63. The third-order valence-electron chi connectivity index (χ3n) is 10.3. The summed E-state index contributed by atoms with van der Waals surface area (Å²) in [6.07, 6.45) is 4.33. The molecule has 0 unspecified atom stereocenters. The predicted octanol–water partition coefficient (Wildman–Crippen LogP) is 4.43. The summed E-state index contributed by atoms with van der Waals surface area (Å²) in [5, 5.41) is 20.2. The van der Waals surface area contributed by atoms with Crippen molar-refractivity contribution in [2.24, 2.45) is 11.8 Å². The van der Waals surface area contributed by atoms with Crippen LogP contribution < -0.4 is 16.0 Å². The van der Waals surface area contributed by atoms with Crippen LogP contribution in [0.4, 0.5) is 0 Å². The van der Waals surface area contributed by atoms with Crippen LogP contribution in [0, 0.1) is 11.8 Å². The van der Waals surface area contributed by atoms with Crippen molar-refractivity contribution >= 4 is 40.9 Å². The van der Waals surface area contributed by atoms with E-state index in [2.05, 4.69) is 25.8 Å². The number of ether oxygens (including phenoxy) is 1. The van der Waals surface area contributed by atoms with E-state index in [9.17, 15) is 29.1 Å². The molecule has 294 valence electrons. The number of likely N-dealkylation sites (tertiary alicyclic amines) is 1. The number of benzene rings is 1. The Morgan fingerprint density at radius 2 is 1.74 bits per heavy atom. The molecular weight excluding hydrogens is 697 g/mol. The molecule has 4 N–H and O–H groups in total. The van der Waals surface area contributed by atoms with Crippen molar-refractivity contribution in [2.45, 2.75) is 122 Å². The van der Waals surface area contributed by atoms with Crippen LogP contribution in [-0.2, 0) is 30.3 Å². The lowest BCUT2D eigenvalue weighted by Crippen LogP contribution is -2.58. The van der Waals surface area contributed by atoms with Gasteiger partial charge in [-0.15, -0.1) is 11.3 Å². The minimum absolute atomic E-state index is 0.0293. The number of carboxylic acids is 1. The van der Waals surface area contributed by atoms with Crippen LogP contribution in [0.5, 0.6) is 0 Å². The number of piperidine rings is 1. The number of aromatic nitrogens is 1. The van der Waals surface area contributed by atoms with Crippen molar-refractivity contribution in [2.75, 3.05) is 27.7 Å². The van der Waals surface area contributed by atoms with Crippen LogP contribution in [0.1, 0.15) is 107 Å². The fraction of sp³-hybridized carbons (Fsp3) is 0.641. The number of nitrogens with zero attached hydrogens (tertiary/aromatic N) is 3. The molecular formula is C39H60N6O7S. The lowest BCUT2D eigenvalue weighted by Gasteiger charge is -2.38. The van der Waals surface area contributed by atoms with Gasteiger partial charge in [0, 0.05) is 38.4 Å². The number of thiazole rings is 1. The third kappa shape index (κ3) is 12.3. The number of carboxylic acid groups (broad SMARTS) is 1. The molecule has 1 aromatic carbocycles. The number of hydrogen-bond donors (Lipinski definition) is 4. The molecule has 1 aromatic heterocycles. The van der Waals surface area contributed by atoms with Crippen molar-refractivity contribution in [1.82, 2.24) is 30.7 Å². The number of methoxy groups -OCH3 is 1. The number of amides is 4. The van der Waals surface area contributed by atoms with Gasteiger partial charge in [-0.05, 0) is 50.3 Å². The summed E-state index contributed by atoms with van der Waals surface area (Å²) in [7, 11) is 5.28. The van der Waals surface area contributed by atoms with Crippen molar-refractivity contribution in [3.8, 4) is 0 Å². The van der Waals surface area contributed by atoms with E-state index in [1.54, 1.807) is 24.4 Å². The molecule has 7 atom stereocenters. The van der Waals surface area contributed by atoms with E-state index >= 15 is 0 Å². The Bertz CT molecular complexity index is 1500. The number of nitrogens with one attached hydrogen (secondary N) is 3. The summed E-state index contributed by atoms with van der Waals surface area (Å²) in [6, 6.07) is 5.82. The smallest absolute Gasteiger partial charge is 0.326 e. The van der Waals surface area contributed by atoms with E-state index in [1.165, 1.54) is 11.3 Å². The molecule has 3 rings (SSSR count). The van der Waals surface area contributed by atoms with E-state index in [-0.39, 0.29) is 54.3 Å². The Hall–Kier alpha value is -3.88. The lowest BCUT2D eigenvalue weighted by atomic mass is 9.92. The molecule has 4 amide bonds. The maximum absolute atomic E-state index is 14.1. The minimum atomic E-state index is -1.14. The molecule has 13 nitrogen and oxygen atoms in total. The molecule has 2 heterocycles. The Labute approximate surface area is 318 Å². The molecule has 2 aromatic rings. The molecule has 1 saturated heterocycles. The normalized spacial score (nSPS) is 18.2. The largest absolute Gasteiger partial charge is 0.480 e. The zero-order valence-corrected chi connectivity index (χ0v) is 33.4. The number of likely N-dealkylation sites (N-methyl/N-ethyl adjacent to an activating group) is 2. The standard InChI is InChI=1S/C39H60N6O7S/c1-9-16-27(39(50)51)40-34(46)28(21-26-17-12-11-13-18-26)41-35(47)29-23-53-37(42-29)32(52-8)22-31(24(3)4)45(7)38(49)33(25(5)10-2)43-36(48)30-19-14-15-20-44(30)6/h11-13,17-18,23-25,27-28,30-33H,9-10,14-16,19-22H2,1-8H3,(H,40,46)(H,41,47)(H,43,48)(H,50,51)/t25-,27-,28-,30+,31+,32+,33-/m0/s1. The summed E-state index contributed by atoms with van der Waals surface area (Å²) in [5.41, 5.74) is 0.891. The van der Waals surface area contributed by atoms with E-state index in [1.807, 2.05) is 72.0 Å². The minimum Gasteiger partial charge on any atom is -0.480 e. The Morgan fingerprint density at radius 1 is 1.04 bits per heavy atom. The fourth-order valence-corrected chi connectivity index (χ4v) is 7.65. The van der Waals surface area contributed by atoms with Gasteiger partial charge in [0.05, 0.1) is 6.04 Å². The quantitative estimate of drug-likeness (QED) is 0.153. The van der Waals surface area contributed by atoms with Crippen molar-refractivity contribution in [3.05, 3.63) is 52.0 Å². The maximum atomic E-state index is 14.1. The van der Waals surface area contributed by atoms with Crippen LogP contribution in [0.3, 0.4) is 0 Å². The van der Waals surface area contributed by atoms with Crippen LogP contribution in [0.15, 0.2) is 35.7 Å². The van der Waals surface area contributed by atoms with Gasteiger partial charge in [-0.3, -0.25) is 24.1 Å². The van der Waals surface area contributed by atoms with Gasteiger partial charge in [0.2, 0.25) is 17.7 Å². The summed E-state index contributed by atoms with van der Waals surface area (Å²) in [6.45, 7) is 10.7. The molecule has 0 bridgehead atoms. The van der Waals surface area contributed by atoms with E-state index < -0.39 is 42.0 Å². The first-order valence-electron chi connectivity index (χ1n) is 18.9. The van der Waals surface area contributed by atoms with Crippen LogP contribution >= 0.6 is 11.3 Å². The van der Waals surface area contributed by atoms with Gasteiger partial charge in [0.25, 0.3) is 5.91 Å². The van der Waals surface area contributed by atoms with Crippen LogP contribution in [0.2, 0.25) is 0 Å². The highest BCUT2D eigenvalue weighted by Gasteiger charge is 2.37. The molecule has 0 radical (unpaired) electrons. The zero-order chi connectivity index (χ0) is 39.2. The monoisotopic (exact) mass is 756 g/mol. The van der Waals surface area contributed by atoms with Crippen molar-refractivity contribution in [1.29, 1.82) is 0 Å². The topological polar surface area (TPSA) is 170 Å². The number of aliphatic carboxylic acids is 1. The summed E-state index contributed by atoms with van der Waals surface area (Å²) < 4.78 is 5.90. The summed E-state index contributed by atoms with van der Waals surface area (Å²) in [4.78, 5) is 74.6. The number of carbonyl (C=O) groups excluding carboxylic acids is 4. The Morgan fingerprint density at radius 3 is 2.32 bits per heavy atom. The maximum Gasteiger partial charge on any atom is 0.326 e. The van der Waals surface area contributed by atoms with Crippen LogP contribution in [-0.4, -0.2) is 107 Å². The summed E-state index contributed by atoms with van der Waals surface area (Å²) in [5.74, 6) is -2.65. The Kier molecular flexibility index (Phi) is 17.3. The van der Waals surface area contributed by atoms with Gasteiger partial charge in [0.1, 0.15) is 34.9 Å². The van der Waals surface area contributed by atoms with Gasteiger partial charge in [0.15, 0.2) is 0 Å². The van der Waals surface area contributed by atoms with Crippen LogP contribution in [0.25, 0.3) is 0 Å². The second-order valence-corrected chi connectivity index (χ2v) is 15.4. The van der Waals surface area contributed by atoms with Gasteiger partial charge in [-0.1, -0.05) is 84.2 Å². The first kappa shape index (κ1) is 43.5. The molecule has 0 aliphatic carbocycles. The zero-order valence-electron chi connectivity index (χ0n) is 32.6. The van der Waals surface area contributed by atoms with Gasteiger partial charge in [-0.2, -0.15) is 0 Å². The predicted molar refractivity (Wildman–Crippen MR) is 205 cm³/mol. The Balaban J connectivity index is 1.77. The molecule has 1 aliphatic rings. The fourth-order valence-electron chi connectivity index (χ4n) is 6.77. The van der Waals surface area contributed by atoms with Crippen molar-refractivity contribution in [3.63, 3.8) is 0 Å². The highest BCUT2D eigenvalue weighted by atomic mass is 32.1. The highest BCUT2D eigenvalue weighted by Crippen LogP contribution is 2.30. The SMILES string of the molecule is CCC[C@H](NC(=O)[C@H](Cc1ccccc1)NC(=O)c1csc([C@@H](C[C@H](C(C)C)N(C)C(=O)[C@@H](NC(=O)[C@H]2CCCCN2C)[C@@H](C)CC)OC)n1)C(=O)O. The highest BCUT2D eigenvalue weighted by molar-refractivity contribution is 7.09. The average molecular weight is 757 g/mol. The third-order valence-corrected chi connectivity index (χ3v) is 11.3. The lowest BCUT2D eigenvalue weighted by molar-refractivity contribution is -0.142. The second-order valence-electron chi connectivity index (χ2n) is 14.6. The number of carbonyl (C=O) groups is 5. The van der Waals surface area contributed by atoms with E-state index in [0.717, 1.165) is 37.8 Å².